The van der Waals surface area contributed by atoms with E-state index in [-0.39, 0.29) is 17.6 Å². The lowest BCUT2D eigenvalue weighted by molar-refractivity contribution is -0.127. The van der Waals surface area contributed by atoms with Crippen molar-refractivity contribution in [2.24, 2.45) is 0 Å². The molecule has 1 aliphatic rings. The molecule has 31 heavy (non-hydrogen) atoms. The van der Waals surface area contributed by atoms with Gasteiger partial charge in [0, 0.05) is 16.3 Å². The highest BCUT2D eigenvalue weighted by Crippen LogP contribution is 2.34. The van der Waals surface area contributed by atoms with Gasteiger partial charge in [-0.15, -0.1) is 0 Å². The van der Waals surface area contributed by atoms with Crippen LogP contribution in [0.4, 0.5) is 10.5 Å². The molecule has 0 radical (unpaired) electrons. The van der Waals surface area contributed by atoms with E-state index in [0.717, 1.165) is 28.6 Å². The number of benzene rings is 2. The van der Waals surface area contributed by atoms with Crippen molar-refractivity contribution >= 4 is 52.2 Å². The number of carbonyl (C=O) groups is 3. The van der Waals surface area contributed by atoms with Crippen LogP contribution in [0.3, 0.4) is 0 Å². The van der Waals surface area contributed by atoms with E-state index >= 15 is 0 Å². The predicted octanol–water partition coefficient (Wildman–Crippen LogP) is 5.50. The van der Waals surface area contributed by atoms with Crippen LogP contribution in [0.1, 0.15) is 31.4 Å². The van der Waals surface area contributed by atoms with Crippen LogP contribution < -0.4 is 10.1 Å². The molecule has 162 valence electrons. The van der Waals surface area contributed by atoms with Gasteiger partial charge < -0.3 is 10.1 Å². The van der Waals surface area contributed by atoms with Gasteiger partial charge in [0.25, 0.3) is 11.1 Å². The number of rotatable bonds is 7. The molecule has 1 fully saturated rings. The van der Waals surface area contributed by atoms with Gasteiger partial charge in [-0.25, -0.2) is 0 Å². The Labute approximate surface area is 190 Å². The van der Waals surface area contributed by atoms with Crippen molar-refractivity contribution in [3.63, 3.8) is 0 Å². The first-order valence-corrected chi connectivity index (χ1v) is 11.0. The summed E-state index contributed by atoms with van der Waals surface area (Å²) in [5.74, 6) is -0.355. The van der Waals surface area contributed by atoms with Crippen LogP contribution in [-0.4, -0.2) is 34.6 Å². The second kappa shape index (κ2) is 10.0. The summed E-state index contributed by atoms with van der Waals surface area (Å²) in [7, 11) is 0. The third-order valence-electron chi connectivity index (χ3n) is 4.74. The number of para-hydroxylation sites is 1. The summed E-state index contributed by atoms with van der Waals surface area (Å²) in [6.07, 6.45) is 2.48. The van der Waals surface area contributed by atoms with E-state index in [1.54, 1.807) is 24.3 Å². The Morgan fingerprint density at radius 1 is 1.26 bits per heavy atom. The smallest absolute Gasteiger partial charge is 0.294 e. The average Bonchev–Trinajstić information content (AvgIpc) is 2.99. The molecule has 0 unspecified atom stereocenters. The molecule has 1 saturated heterocycles. The van der Waals surface area contributed by atoms with Crippen molar-refractivity contribution in [3.8, 4) is 5.75 Å². The van der Waals surface area contributed by atoms with E-state index < -0.39 is 17.1 Å². The first-order chi connectivity index (χ1) is 14.8. The van der Waals surface area contributed by atoms with Crippen molar-refractivity contribution in [2.75, 3.05) is 11.9 Å². The lowest BCUT2D eigenvalue weighted by Crippen LogP contribution is -2.36. The highest BCUT2D eigenvalue weighted by Gasteiger charge is 2.36. The molecular formula is C23H23ClN2O4S. The number of thioether (sulfide) groups is 1. The molecular weight excluding hydrogens is 436 g/mol. The minimum absolute atomic E-state index is 0.0172. The number of anilines is 1. The van der Waals surface area contributed by atoms with Gasteiger partial charge in [0.05, 0.1) is 11.0 Å². The molecule has 3 rings (SSSR count). The van der Waals surface area contributed by atoms with E-state index in [0.29, 0.717) is 22.0 Å². The summed E-state index contributed by atoms with van der Waals surface area (Å²) in [6, 6.07) is 12.4. The largest absolute Gasteiger partial charge is 0.490 e. The molecule has 1 N–H and O–H groups in total. The average molecular weight is 459 g/mol. The minimum Gasteiger partial charge on any atom is -0.490 e. The maximum absolute atomic E-state index is 12.8. The number of nitrogens with zero attached hydrogens (tertiary/aromatic N) is 1. The Hall–Kier alpha value is -2.77. The van der Waals surface area contributed by atoms with Crippen molar-refractivity contribution < 1.29 is 19.1 Å². The van der Waals surface area contributed by atoms with Crippen LogP contribution in [0.2, 0.25) is 5.02 Å². The van der Waals surface area contributed by atoms with Crippen molar-refractivity contribution in [1.82, 2.24) is 4.90 Å². The lowest BCUT2D eigenvalue weighted by atomic mass is 10.1. The Bertz CT molecular complexity index is 1050. The summed E-state index contributed by atoms with van der Waals surface area (Å²) in [5, 5.41) is 2.69. The van der Waals surface area contributed by atoms with Crippen LogP contribution in [0, 0.1) is 6.92 Å². The lowest BCUT2D eigenvalue weighted by Gasteiger charge is -2.15. The van der Waals surface area contributed by atoms with Gasteiger partial charge in [-0.1, -0.05) is 42.8 Å². The molecule has 1 aliphatic heterocycles. The normalized spacial score (nSPS) is 16.0. The van der Waals surface area contributed by atoms with Crippen LogP contribution in [0.5, 0.6) is 5.75 Å². The summed E-state index contributed by atoms with van der Waals surface area (Å²) in [6.45, 7) is 5.46. The summed E-state index contributed by atoms with van der Waals surface area (Å²) in [4.78, 5) is 38.7. The maximum Gasteiger partial charge on any atom is 0.294 e. The zero-order chi connectivity index (χ0) is 22.5. The second-order valence-corrected chi connectivity index (χ2v) is 8.55. The standard InChI is InChI=1S/C23H23ClN2O4S/c1-4-15(3)30-19-8-6-5-7-16(19)11-20-22(28)26(23(29)31-20)13-21(27)25-17-10-9-14(2)18(24)12-17/h5-12,15H,4,13H2,1-3H3,(H,25,27)/b20-11+/t15-/m1/s1. The number of hydrogen-bond acceptors (Lipinski definition) is 5. The fourth-order valence-electron chi connectivity index (χ4n) is 2.80. The van der Waals surface area contributed by atoms with Gasteiger partial charge in [0.1, 0.15) is 12.3 Å². The number of halogens is 1. The molecule has 2 aromatic rings. The Balaban J connectivity index is 1.72. The van der Waals surface area contributed by atoms with Crippen LogP contribution in [0.25, 0.3) is 6.08 Å². The van der Waals surface area contributed by atoms with Gasteiger partial charge in [-0.2, -0.15) is 0 Å². The number of nitrogens with one attached hydrogen (secondary N) is 1. The van der Waals surface area contributed by atoms with Crippen molar-refractivity contribution in [2.45, 2.75) is 33.3 Å². The van der Waals surface area contributed by atoms with Crippen LogP contribution in [-0.2, 0) is 9.59 Å². The van der Waals surface area contributed by atoms with E-state index in [2.05, 4.69) is 5.32 Å². The Morgan fingerprint density at radius 3 is 2.71 bits per heavy atom. The summed E-state index contributed by atoms with van der Waals surface area (Å²) < 4.78 is 5.90. The molecule has 8 heteroatoms. The van der Waals surface area contributed by atoms with Crippen molar-refractivity contribution in [1.29, 1.82) is 0 Å². The quantitative estimate of drug-likeness (QED) is 0.554. The minimum atomic E-state index is -0.509. The summed E-state index contributed by atoms with van der Waals surface area (Å²) in [5.41, 5.74) is 2.08. The topological polar surface area (TPSA) is 75.7 Å². The zero-order valence-electron chi connectivity index (χ0n) is 17.5. The van der Waals surface area contributed by atoms with Gasteiger partial charge >= 0.3 is 0 Å². The molecule has 2 aromatic carbocycles. The fraction of sp³-hybridized carbons (Fsp3) is 0.261. The first kappa shape index (κ1) is 22.9. The van der Waals surface area contributed by atoms with Crippen LogP contribution >= 0.6 is 23.4 Å². The predicted molar refractivity (Wildman–Crippen MR) is 124 cm³/mol. The molecule has 0 saturated carbocycles. The number of carbonyl (C=O) groups excluding carboxylic acids is 3. The number of aryl methyl sites for hydroxylation is 1. The SMILES string of the molecule is CC[C@@H](C)Oc1ccccc1/C=C1/SC(=O)N(CC(=O)Nc2ccc(C)c(Cl)c2)C1=O. The number of ether oxygens (including phenoxy) is 1. The maximum atomic E-state index is 12.8. The molecule has 0 spiro atoms. The molecule has 0 aromatic heterocycles. The van der Waals surface area contributed by atoms with Gasteiger partial charge in [-0.3, -0.25) is 19.3 Å². The van der Waals surface area contributed by atoms with E-state index in [4.69, 9.17) is 16.3 Å². The number of imide groups is 1. The van der Waals surface area contributed by atoms with Gasteiger partial charge in [-0.05, 0) is 61.9 Å². The zero-order valence-corrected chi connectivity index (χ0v) is 19.0. The first-order valence-electron chi connectivity index (χ1n) is 9.85. The van der Waals surface area contributed by atoms with Crippen molar-refractivity contribution in [3.05, 3.63) is 63.5 Å². The Kier molecular flexibility index (Phi) is 7.41. The molecule has 1 atom stereocenters. The highest BCUT2D eigenvalue weighted by molar-refractivity contribution is 8.18. The van der Waals surface area contributed by atoms with Gasteiger partial charge in [0.2, 0.25) is 5.91 Å². The fourth-order valence-corrected chi connectivity index (χ4v) is 3.81. The second-order valence-electron chi connectivity index (χ2n) is 7.15. The molecule has 0 bridgehead atoms. The molecule has 0 aliphatic carbocycles. The van der Waals surface area contributed by atoms with E-state index in [1.807, 2.05) is 45.0 Å². The molecule has 3 amide bonds. The molecule has 6 nitrogen and oxygen atoms in total. The Morgan fingerprint density at radius 2 is 2.00 bits per heavy atom. The third-order valence-corrected chi connectivity index (χ3v) is 6.05. The molecule has 1 heterocycles. The van der Waals surface area contributed by atoms with E-state index in [9.17, 15) is 14.4 Å². The summed E-state index contributed by atoms with van der Waals surface area (Å²) >= 11 is 6.88. The van der Waals surface area contributed by atoms with E-state index in [1.165, 1.54) is 0 Å². The van der Waals surface area contributed by atoms with Crippen LogP contribution in [0.15, 0.2) is 47.4 Å². The number of hydrogen-bond donors (Lipinski definition) is 1. The highest BCUT2D eigenvalue weighted by atomic mass is 35.5. The monoisotopic (exact) mass is 458 g/mol. The number of amides is 3. The van der Waals surface area contributed by atoms with Gasteiger partial charge in [0.15, 0.2) is 0 Å². The third kappa shape index (κ3) is 5.68.